The number of amides is 1. The molecule has 1 heterocycles. The first-order valence-electron chi connectivity index (χ1n) is 8.82. The number of nitrogens with one attached hydrogen (secondary N) is 1. The van der Waals surface area contributed by atoms with E-state index in [-0.39, 0.29) is 12.6 Å². The lowest BCUT2D eigenvalue weighted by atomic mass is 10.2. The summed E-state index contributed by atoms with van der Waals surface area (Å²) in [6, 6.07) is 18.1. The molecule has 28 heavy (non-hydrogen) atoms. The van der Waals surface area contributed by atoms with Crippen LogP contribution in [0.5, 0.6) is 0 Å². The Balaban J connectivity index is 1.60. The Kier molecular flexibility index (Phi) is 5.96. The molecule has 2 aromatic carbocycles. The molecule has 3 aromatic rings. The summed E-state index contributed by atoms with van der Waals surface area (Å²) in [7, 11) is -2.33. The lowest BCUT2D eigenvalue weighted by Crippen LogP contribution is -2.38. The Morgan fingerprint density at radius 1 is 1.14 bits per heavy atom. The Labute approximate surface area is 164 Å². The van der Waals surface area contributed by atoms with Crippen LogP contribution in [0.3, 0.4) is 0 Å². The first-order chi connectivity index (χ1) is 13.3. The van der Waals surface area contributed by atoms with Crippen LogP contribution in [0, 0.1) is 0 Å². The summed E-state index contributed by atoms with van der Waals surface area (Å²) in [6.07, 6.45) is 1.50. The molecule has 0 unspecified atom stereocenters. The third-order valence-electron chi connectivity index (χ3n) is 4.28. The molecule has 0 saturated carbocycles. The van der Waals surface area contributed by atoms with Crippen molar-refractivity contribution < 1.29 is 17.6 Å². The third-order valence-corrected chi connectivity index (χ3v) is 5.76. The lowest BCUT2D eigenvalue weighted by Gasteiger charge is -2.16. The number of likely N-dealkylation sites (N-methyl/N-ethyl adjacent to an activating group) is 1. The molecule has 1 aromatic heterocycles. The van der Waals surface area contributed by atoms with E-state index in [2.05, 4.69) is 5.32 Å². The molecule has 0 spiro atoms. The van der Waals surface area contributed by atoms with Gasteiger partial charge in [0.15, 0.2) is 0 Å². The molecule has 0 aliphatic heterocycles. The number of hydrogen-bond donors (Lipinski definition) is 1. The van der Waals surface area contributed by atoms with Gasteiger partial charge in [-0.05, 0) is 30.7 Å². The zero-order chi connectivity index (χ0) is 20.1. The molecular weight excluding hydrogens is 376 g/mol. The highest BCUT2D eigenvalue weighted by Gasteiger charge is 2.20. The number of rotatable bonds is 7. The van der Waals surface area contributed by atoms with Gasteiger partial charge in [0, 0.05) is 17.8 Å². The molecule has 0 fully saturated rings. The minimum Gasteiger partial charge on any atom is -0.459 e. The van der Waals surface area contributed by atoms with E-state index >= 15 is 0 Å². The first-order valence-corrected chi connectivity index (χ1v) is 10.3. The maximum Gasteiger partial charge on any atom is 0.236 e. The molecule has 0 bridgehead atoms. The number of carbonyl (C=O) groups is 1. The highest BCUT2D eigenvalue weighted by Crippen LogP contribution is 2.23. The summed E-state index contributed by atoms with van der Waals surface area (Å²) in [6.45, 7) is 1.51. The highest BCUT2D eigenvalue weighted by molar-refractivity contribution is 7.92. The predicted octanol–water partition coefficient (Wildman–Crippen LogP) is 3.54. The standard InChI is InChI=1S/C21H22N2O4S/c1-16(20-14-18-10-6-7-11-19(18)27-20)22-21(24)15-23(2)28(25,26)13-12-17-8-4-3-5-9-17/h3-14,16H,15H2,1-2H3,(H,22,24)/b13-12+/t16-/m1/s1. The van der Waals surface area contributed by atoms with Gasteiger partial charge in [0.1, 0.15) is 11.3 Å². The van der Waals surface area contributed by atoms with Gasteiger partial charge in [0.05, 0.1) is 12.6 Å². The van der Waals surface area contributed by atoms with Gasteiger partial charge in [0.25, 0.3) is 0 Å². The van der Waals surface area contributed by atoms with Crippen molar-refractivity contribution in [3.8, 4) is 0 Å². The van der Waals surface area contributed by atoms with E-state index in [1.165, 1.54) is 13.1 Å². The summed E-state index contributed by atoms with van der Waals surface area (Å²) in [5, 5.41) is 4.82. The molecule has 1 atom stereocenters. The Morgan fingerprint density at radius 3 is 2.54 bits per heavy atom. The fraction of sp³-hybridized carbons (Fsp3) is 0.190. The number of nitrogens with zero attached hydrogens (tertiary/aromatic N) is 1. The van der Waals surface area contributed by atoms with E-state index in [0.717, 1.165) is 26.2 Å². The Hall–Kier alpha value is -2.90. The van der Waals surface area contributed by atoms with Crippen molar-refractivity contribution in [3.05, 3.63) is 77.4 Å². The van der Waals surface area contributed by atoms with Gasteiger partial charge >= 0.3 is 0 Å². The summed E-state index contributed by atoms with van der Waals surface area (Å²) >= 11 is 0. The van der Waals surface area contributed by atoms with Gasteiger partial charge in [0.2, 0.25) is 15.9 Å². The number of hydrogen-bond acceptors (Lipinski definition) is 4. The van der Waals surface area contributed by atoms with Crippen LogP contribution < -0.4 is 5.32 Å². The van der Waals surface area contributed by atoms with Crippen LogP contribution in [0.1, 0.15) is 24.3 Å². The van der Waals surface area contributed by atoms with Crippen molar-refractivity contribution in [2.75, 3.05) is 13.6 Å². The average molecular weight is 398 g/mol. The molecular formula is C21H22N2O4S. The SMILES string of the molecule is C[C@@H](NC(=O)CN(C)S(=O)(=O)/C=C/c1ccccc1)c1cc2ccccc2o1. The average Bonchev–Trinajstić information content (AvgIpc) is 3.11. The largest absolute Gasteiger partial charge is 0.459 e. The molecule has 6 nitrogen and oxygen atoms in total. The maximum atomic E-state index is 12.4. The molecule has 0 aliphatic rings. The van der Waals surface area contributed by atoms with Crippen molar-refractivity contribution in [2.24, 2.45) is 0 Å². The predicted molar refractivity (Wildman–Crippen MR) is 110 cm³/mol. The van der Waals surface area contributed by atoms with E-state index in [9.17, 15) is 13.2 Å². The van der Waals surface area contributed by atoms with Crippen molar-refractivity contribution in [3.63, 3.8) is 0 Å². The zero-order valence-electron chi connectivity index (χ0n) is 15.7. The third kappa shape index (κ3) is 4.88. The second kappa shape index (κ2) is 8.41. The highest BCUT2D eigenvalue weighted by atomic mass is 32.2. The van der Waals surface area contributed by atoms with Crippen LogP contribution >= 0.6 is 0 Å². The summed E-state index contributed by atoms with van der Waals surface area (Å²) < 4.78 is 31.4. The van der Waals surface area contributed by atoms with Crippen molar-refractivity contribution in [1.29, 1.82) is 0 Å². The van der Waals surface area contributed by atoms with E-state index in [4.69, 9.17) is 4.42 Å². The van der Waals surface area contributed by atoms with Crippen molar-refractivity contribution in [2.45, 2.75) is 13.0 Å². The number of benzene rings is 2. The van der Waals surface area contributed by atoms with E-state index in [1.54, 1.807) is 19.1 Å². The van der Waals surface area contributed by atoms with Crippen LogP contribution in [-0.4, -0.2) is 32.2 Å². The van der Waals surface area contributed by atoms with Gasteiger partial charge in [-0.1, -0.05) is 48.5 Å². The van der Waals surface area contributed by atoms with E-state index in [1.807, 2.05) is 48.5 Å². The topological polar surface area (TPSA) is 79.6 Å². The summed E-state index contributed by atoms with van der Waals surface area (Å²) in [4.78, 5) is 12.3. The normalized spacial score (nSPS) is 13.2. The van der Waals surface area contributed by atoms with Gasteiger partial charge in [-0.3, -0.25) is 4.79 Å². The number of sulfonamides is 1. The van der Waals surface area contributed by atoms with Crippen LogP contribution in [-0.2, 0) is 14.8 Å². The molecule has 146 valence electrons. The van der Waals surface area contributed by atoms with Crippen molar-refractivity contribution in [1.82, 2.24) is 9.62 Å². The minimum absolute atomic E-state index is 0.286. The second-order valence-electron chi connectivity index (χ2n) is 6.49. The second-order valence-corrected chi connectivity index (χ2v) is 8.42. The summed E-state index contributed by atoms with van der Waals surface area (Å²) in [5.74, 6) is 0.205. The lowest BCUT2D eigenvalue weighted by molar-refractivity contribution is -0.121. The van der Waals surface area contributed by atoms with Crippen molar-refractivity contribution >= 4 is 33.0 Å². The number of fused-ring (bicyclic) bond motifs is 1. The van der Waals surface area contributed by atoms with Crippen LogP contribution in [0.4, 0.5) is 0 Å². The Bertz CT molecular complexity index is 1050. The van der Waals surface area contributed by atoms with Crippen LogP contribution in [0.25, 0.3) is 17.0 Å². The molecule has 3 rings (SSSR count). The quantitative estimate of drug-likeness (QED) is 0.660. The molecule has 0 saturated heterocycles. The fourth-order valence-corrected chi connectivity index (χ4v) is 3.53. The smallest absolute Gasteiger partial charge is 0.236 e. The van der Waals surface area contributed by atoms with Gasteiger partial charge in [-0.15, -0.1) is 0 Å². The zero-order valence-corrected chi connectivity index (χ0v) is 16.5. The number of furan rings is 1. The van der Waals surface area contributed by atoms with Gasteiger partial charge in [-0.25, -0.2) is 8.42 Å². The van der Waals surface area contributed by atoms with E-state index in [0.29, 0.717) is 5.76 Å². The minimum atomic E-state index is -3.71. The summed E-state index contributed by atoms with van der Waals surface area (Å²) in [5.41, 5.74) is 1.51. The molecule has 1 N–H and O–H groups in total. The molecule has 0 radical (unpaired) electrons. The number of para-hydroxylation sites is 1. The van der Waals surface area contributed by atoms with Gasteiger partial charge in [-0.2, -0.15) is 4.31 Å². The fourth-order valence-electron chi connectivity index (χ4n) is 2.70. The van der Waals surface area contributed by atoms with Crippen LogP contribution in [0.15, 0.2) is 70.5 Å². The maximum absolute atomic E-state index is 12.4. The van der Waals surface area contributed by atoms with Gasteiger partial charge < -0.3 is 9.73 Å². The van der Waals surface area contributed by atoms with E-state index < -0.39 is 15.9 Å². The van der Waals surface area contributed by atoms with Crippen LogP contribution in [0.2, 0.25) is 0 Å². The first kappa shape index (κ1) is 19.9. The molecule has 1 amide bonds. The molecule has 7 heteroatoms. The molecule has 0 aliphatic carbocycles. The Morgan fingerprint density at radius 2 is 1.82 bits per heavy atom. The monoisotopic (exact) mass is 398 g/mol. The number of carbonyl (C=O) groups excluding carboxylic acids is 1.